The van der Waals surface area contributed by atoms with Gasteiger partial charge in [-0.05, 0) is 13.1 Å². The van der Waals surface area contributed by atoms with Gasteiger partial charge in [-0.2, -0.15) is 0 Å². The summed E-state index contributed by atoms with van der Waals surface area (Å²) in [5.74, 6) is 1.39. The largest absolute Gasteiger partial charge is 0.449 e. The molecular formula is C14H30N4O4S2. The summed E-state index contributed by atoms with van der Waals surface area (Å²) >= 11 is 0. The minimum Gasteiger partial charge on any atom is -0.449 e. The first-order valence-electron chi connectivity index (χ1n) is 8.17. The van der Waals surface area contributed by atoms with Crippen LogP contribution in [0.2, 0.25) is 0 Å². The second-order valence-electron chi connectivity index (χ2n) is 4.48. The fraction of sp³-hybridized carbons (Fsp3) is 0.857. The Balaban J connectivity index is 3.24. The average Bonchev–Trinajstić information content (AvgIpc) is 2.58. The molecule has 0 bridgehead atoms. The number of nitrogens with one attached hydrogen (secondary N) is 4. The molecule has 0 heterocycles. The summed E-state index contributed by atoms with van der Waals surface area (Å²) < 4.78 is 10.0. The Bertz CT molecular complexity index is 295. The molecule has 0 aliphatic carbocycles. The van der Waals surface area contributed by atoms with Crippen LogP contribution in [0.5, 0.6) is 0 Å². The first kappa shape index (κ1) is 23.2. The van der Waals surface area contributed by atoms with Gasteiger partial charge in [0.05, 0.1) is 0 Å². The molecule has 24 heavy (non-hydrogen) atoms. The summed E-state index contributed by atoms with van der Waals surface area (Å²) in [7, 11) is 3.16. The van der Waals surface area contributed by atoms with Gasteiger partial charge in [-0.1, -0.05) is 35.4 Å². The molecule has 0 aromatic rings. The van der Waals surface area contributed by atoms with Crippen molar-refractivity contribution in [2.45, 2.75) is 13.8 Å². The second-order valence-corrected chi connectivity index (χ2v) is 7.18. The van der Waals surface area contributed by atoms with E-state index in [-0.39, 0.29) is 0 Å². The lowest BCUT2D eigenvalue weighted by molar-refractivity contribution is 0.152. The van der Waals surface area contributed by atoms with Crippen LogP contribution in [0.25, 0.3) is 0 Å². The topological polar surface area (TPSA) is 101 Å². The van der Waals surface area contributed by atoms with Gasteiger partial charge in [-0.25, -0.2) is 9.59 Å². The molecule has 142 valence electrons. The monoisotopic (exact) mass is 382 g/mol. The minimum atomic E-state index is -0.393. The van der Waals surface area contributed by atoms with Crippen LogP contribution in [0.15, 0.2) is 0 Å². The number of carbonyl (C=O) groups excluding carboxylic acids is 2. The summed E-state index contributed by atoms with van der Waals surface area (Å²) in [6, 6.07) is 0. The van der Waals surface area contributed by atoms with Crippen molar-refractivity contribution in [1.29, 1.82) is 0 Å². The molecule has 0 aromatic carbocycles. The maximum Gasteiger partial charge on any atom is 0.407 e. The van der Waals surface area contributed by atoms with E-state index in [0.717, 1.165) is 26.2 Å². The summed E-state index contributed by atoms with van der Waals surface area (Å²) in [5, 5.41) is 11.5. The van der Waals surface area contributed by atoms with Crippen LogP contribution in [-0.4, -0.2) is 76.2 Å². The molecule has 0 saturated carbocycles. The van der Waals surface area contributed by atoms with E-state index in [4.69, 9.17) is 9.47 Å². The van der Waals surface area contributed by atoms with E-state index in [1.54, 1.807) is 21.6 Å². The number of rotatable bonds is 15. The fourth-order valence-electron chi connectivity index (χ4n) is 1.42. The highest BCUT2D eigenvalue weighted by molar-refractivity contribution is 8.76. The van der Waals surface area contributed by atoms with E-state index in [0.29, 0.717) is 37.8 Å². The molecule has 2 amide bonds. The van der Waals surface area contributed by atoms with Crippen molar-refractivity contribution >= 4 is 33.8 Å². The van der Waals surface area contributed by atoms with Crippen molar-refractivity contribution in [2.24, 2.45) is 0 Å². The zero-order valence-electron chi connectivity index (χ0n) is 14.5. The number of alkyl carbamates (subject to hydrolysis) is 2. The zero-order valence-corrected chi connectivity index (χ0v) is 16.2. The third-order valence-corrected chi connectivity index (χ3v) is 4.86. The number of likely N-dealkylation sites (N-methyl/N-ethyl adjacent to an activating group) is 2. The Labute approximate surface area is 152 Å². The molecule has 0 aliphatic rings. The molecule has 4 N–H and O–H groups in total. The van der Waals surface area contributed by atoms with Gasteiger partial charge in [0.15, 0.2) is 0 Å². The molecular weight excluding hydrogens is 352 g/mol. The van der Waals surface area contributed by atoms with Crippen LogP contribution in [0.4, 0.5) is 9.59 Å². The molecule has 0 rings (SSSR count). The van der Waals surface area contributed by atoms with Gasteiger partial charge in [0.2, 0.25) is 0 Å². The van der Waals surface area contributed by atoms with Crippen molar-refractivity contribution < 1.29 is 19.1 Å². The Morgan fingerprint density at radius 1 is 0.750 bits per heavy atom. The van der Waals surface area contributed by atoms with Gasteiger partial charge in [-0.3, -0.25) is 0 Å². The Hall–Kier alpha value is -0.840. The Morgan fingerprint density at radius 3 is 1.54 bits per heavy atom. The predicted octanol–water partition coefficient (Wildman–Crippen LogP) is 1.04. The molecule has 0 unspecified atom stereocenters. The first-order chi connectivity index (χ1) is 11.7. The minimum absolute atomic E-state index is 0.358. The highest BCUT2D eigenvalue weighted by Crippen LogP contribution is 2.20. The van der Waals surface area contributed by atoms with Gasteiger partial charge in [0.1, 0.15) is 13.2 Å². The average molecular weight is 383 g/mol. The lowest BCUT2D eigenvalue weighted by Gasteiger charge is -2.08. The number of hydrogen-bond donors (Lipinski definition) is 4. The summed E-state index contributed by atoms with van der Waals surface area (Å²) in [6.07, 6.45) is -0.785. The maximum absolute atomic E-state index is 11.3. The van der Waals surface area contributed by atoms with Crippen molar-refractivity contribution in [3.8, 4) is 0 Å². The van der Waals surface area contributed by atoms with E-state index < -0.39 is 12.2 Å². The number of hydrogen-bond acceptors (Lipinski definition) is 8. The molecule has 0 radical (unpaired) electrons. The third kappa shape index (κ3) is 17.5. The van der Waals surface area contributed by atoms with Gasteiger partial charge in [0.25, 0.3) is 0 Å². The summed E-state index contributed by atoms with van der Waals surface area (Å²) in [5.41, 5.74) is 0. The SMILES string of the molecule is CCNCCNC(=O)OCCSSCCOC(=O)NCCNCC. The van der Waals surface area contributed by atoms with Crippen molar-refractivity contribution in [3.63, 3.8) is 0 Å². The smallest absolute Gasteiger partial charge is 0.407 e. The van der Waals surface area contributed by atoms with Gasteiger partial charge < -0.3 is 30.7 Å². The van der Waals surface area contributed by atoms with Crippen LogP contribution in [0.3, 0.4) is 0 Å². The lowest BCUT2D eigenvalue weighted by atomic mass is 10.6. The van der Waals surface area contributed by atoms with Crippen molar-refractivity contribution in [2.75, 3.05) is 64.0 Å². The molecule has 10 heteroatoms. The van der Waals surface area contributed by atoms with E-state index in [1.807, 2.05) is 13.8 Å². The number of carbonyl (C=O) groups is 2. The first-order valence-corrected chi connectivity index (χ1v) is 10.7. The predicted molar refractivity (Wildman–Crippen MR) is 101 cm³/mol. The number of ether oxygens (including phenoxy) is 2. The van der Waals surface area contributed by atoms with Gasteiger partial charge in [0, 0.05) is 37.7 Å². The summed E-state index contributed by atoms with van der Waals surface area (Å²) in [6.45, 7) is 9.08. The standard InChI is InChI=1S/C14H30N4O4S2/c1-3-15-5-7-17-13(19)21-9-11-23-24-12-10-22-14(20)18-8-6-16-4-2/h15-16H,3-12H2,1-2H3,(H,17,19)(H,18,20). The molecule has 0 aliphatic heterocycles. The fourth-order valence-corrected chi connectivity index (χ4v) is 3.07. The highest BCUT2D eigenvalue weighted by atomic mass is 33.1. The molecule has 8 nitrogen and oxygen atoms in total. The van der Waals surface area contributed by atoms with Crippen LogP contribution in [0.1, 0.15) is 13.8 Å². The number of amides is 2. The van der Waals surface area contributed by atoms with E-state index in [2.05, 4.69) is 21.3 Å². The van der Waals surface area contributed by atoms with E-state index in [9.17, 15) is 9.59 Å². The molecule has 0 aromatic heterocycles. The lowest BCUT2D eigenvalue weighted by Crippen LogP contribution is -2.32. The molecule has 0 fully saturated rings. The quantitative estimate of drug-likeness (QED) is 0.246. The van der Waals surface area contributed by atoms with Crippen molar-refractivity contribution in [1.82, 2.24) is 21.3 Å². The van der Waals surface area contributed by atoms with Gasteiger partial charge >= 0.3 is 12.2 Å². The zero-order chi connectivity index (χ0) is 17.9. The highest BCUT2D eigenvalue weighted by Gasteiger charge is 2.02. The Kier molecular flexibility index (Phi) is 17.9. The molecule has 0 saturated heterocycles. The second kappa shape index (κ2) is 18.5. The van der Waals surface area contributed by atoms with Crippen molar-refractivity contribution in [3.05, 3.63) is 0 Å². The normalized spacial score (nSPS) is 10.2. The summed E-state index contributed by atoms with van der Waals surface area (Å²) in [4.78, 5) is 22.6. The van der Waals surface area contributed by atoms with Gasteiger partial charge in [-0.15, -0.1) is 0 Å². The maximum atomic E-state index is 11.3. The van der Waals surface area contributed by atoms with Crippen LogP contribution < -0.4 is 21.3 Å². The van der Waals surface area contributed by atoms with E-state index >= 15 is 0 Å². The van der Waals surface area contributed by atoms with E-state index in [1.165, 1.54) is 0 Å². The molecule has 0 spiro atoms. The third-order valence-electron chi connectivity index (χ3n) is 2.53. The Morgan fingerprint density at radius 2 is 1.17 bits per heavy atom. The van der Waals surface area contributed by atoms with Crippen LogP contribution in [0, 0.1) is 0 Å². The van der Waals surface area contributed by atoms with Crippen LogP contribution >= 0.6 is 21.6 Å². The molecule has 0 atom stereocenters. The van der Waals surface area contributed by atoms with Crippen LogP contribution in [-0.2, 0) is 9.47 Å².